The molecular weight excluding hydrogens is 398 g/mol. The number of anilines is 1. The normalized spacial score (nSPS) is 11.6. The number of nitro groups is 1. The Hall–Kier alpha value is -3.13. The third-order valence-electron chi connectivity index (χ3n) is 4.08. The highest BCUT2D eigenvalue weighted by molar-refractivity contribution is 6.34. The zero-order valence-electron chi connectivity index (χ0n) is 16.3. The summed E-state index contributed by atoms with van der Waals surface area (Å²) in [6.45, 7) is 6.00. The summed E-state index contributed by atoms with van der Waals surface area (Å²) in [6, 6.07) is 9.59. The van der Waals surface area contributed by atoms with Crippen LogP contribution in [0.25, 0.3) is 0 Å². The summed E-state index contributed by atoms with van der Waals surface area (Å²) in [6.07, 6.45) is 0. The zero-order valence-corrected chi connectivity index (χ0v) is 17.0. The molecule has 1 atom stereocenters. The molecule has 0 heterocycles. The van der Waals surface area contributed by atoms with E-state index in [-0.39, 0.29) is 22.2 Å². The molecule has 0 saturated carbocycles. The molecule has 154 valence electrons. The minimum atomic E-state index is -0.833. The second kappa shape index (κ2) is 9.88. The lowest BCUT2D eigenvalue weighted by atomic mass is 10.0. The highest BCUT2D eigenvalue weighted by Crippen LogP contribution is 2.23. The van der Waals surface area contributed by atoms with E-state index in [2.05, 4.69) is 10.6 Å². The largest absolute Gasteiger partial charge is 0.494 e. The van der Waals surface area contributed by atoms with E-state index in [0.717, 1.165) is 6.07 Å². The molecule has 2 aromatic rings. The van der Waals surface area contributed by atoms with Crippen LogP contribution in [-0.2, 0) is 4.79 Å². The van der Waals surface area contributed by atoms with Gasteiger partial charge in [0.1, 0.15) is 11.8 Å². The molecule has 0 aliphatic carbocycles. The first-order valence-electron chi connectivity index (χ1n) is 9.01. The predicted molar refractivity (Wildman–Crippen MR) is 110 cm³/mol. The number of benzene rings is 2. The fourth-order valence-corrected chi connectivity index (χ4v) is 2.84. The zero-order chi connectivity index (χ0) is 21.6. The van der Waals surface area contributed by atoms with E-state index in [9.17, 15) is 19.7 Å². The Labute approximate surface area is 173 Å². The lowest BCUT2D eigenvalue weighted by Gasteiger charge is -2.22. The SMILES string of the molecule is CCOc1ccc(NC(=O)C(NC(=O)c2ccc([N+](=O)[O-])cc2Cl)C(C)C)cc1. The van der Waals surface area contributed by atoms with Crippen LogP contribution in [0.5, 0.6) is 5.75 Å². The van der Waals surface area contributed by atoms with Gasteiger partial charge in [-0.3, -0.25) is 19.7 Å². The first-order chi connectivity index (χ1) is 13.7. The summed E-state index contributed by atoms with van der Waals surface area (Å²) in [5.41, 5.74) is 0.392. The monoisotopic (exact) mass is 419 g/mol. The van der Waals surface area contributed by atoms with Gasteiger partial charge in [-0.05, 0) is 43.2 Å². The molecule has 0 spiro atoms. The quantitative estimate of drug-likeness (QED) is 0.495. The maximum Gasteiger partial charge on any atom is 0.270 e. The van der Waals surface area contributed by atoms with Crippen LogP contribution in [0.1, 0.15) is 31.1 Å². The Morgan fingerprint density at radius 1 is 1.17 bits per heavy atom. The molecule has 1 unspecified atom stereocenters. The number of nitrogens with one attached hydrogen (secondary N) is 2. The number of nitro benzene ring substituents is 1. The first-order valence-corrected chi connectivity index (χ1v) is 9.39. The first kappa shape index (κ1) is 22.2. The molecule has 9 heteroatoms. The summed E-state index contributed by atoms with van der Waals surface area (Å²) < 4.78 is 5.36. The van der Waals surface area contributed by atoms with Gasteiger partial charge in [-0.2, -0.15) is 0 Å². The van der Waals surface area contributed by atoms with Crippen molar-refractivity contribution in [1.29, 1.82) is 0 Å². The number of ether oxygens (including phenoxy) is 1. The van der Waals surface area contributed by atoms with E-state index in [0.29, 0.717) is 18.0 Å². The topological polar surface area (TPSA) is 111 Å². The third-order valence-corrected chi connectivity index (χ3v) is 4.39. The van der Waals surface area contributed by atoms with Crippen molar-refractivity contribution in [3.8, 4) is 5.75 Å². The highest BCUT2D eigenvalue weighted by atomic mass is 35.5. The molecular formula is C20H22ClN3O5. The number of carbonyl (C=O) groups excluding carboxylic acids is 2. The molecule has 0 aliphatic heterocycles. The van der Waals surface area contributed by atoms with E-state index in [4.69, 9.17) is 16.3 Å². The van der Waals surface area contributed by atoms with Crippen molar-refractivity contribution in [3.63, 3.8) is 0 Å². The van der Waals surface area contributed by atoms with Crippen LogP contribution in [0, 0.1) is 16.0 Å². The van der Waals surface area contributed by atoms with Gasteiger partial charge >= 0.3 is 0 Å². The maximum absolute atomic E-state index is 12.7. The fraction of sp³-hybridized carbons (Fsp3) is 0.300. The summed E-state index contributed by atoms with van der Waals surface area (Å²) >= 11 is 6.00. The highest BCUT2D eigenvalue weighted by Gasteiger charge is 2.26. The van der Waals surface area contributed by atoms with E-state index < -0.39 is 22.8 Å². The molecule has 0 aromatic heterocycles. The summed E-state index contributed by atoms with van der Waals surface area (Å²) in [4.78, 5) is 35.5. The number of non-ortho nitro benzene ring substituents is 1. The van der Waals surface area contributed by atoms with Gasteiger partial charge < -0.3 is 15.4 Å². The summed E-state index contributed by atoms with van der Waals surface area (Å²) in [5, 5.41) is 16.1. The smallest absolute Gasteiger partial charge is 0.270 e. The van der Waals surface area contributed by atoms with Gasteiger partial charge in [0.2, 0.25) is 5.91 Å². The van der Waals surface area contributed by atoms with Crippen molar-refractivity contribution in [2.24, 2.45) is 5.92 Å². The van der Waals surface area contributed by atoms with Gasteiger partial charge in [-0.1, -0.05) is 25.4 Å². The number of rotatable bonds is 8. The van der Waals surface area contributed by atoms with Crippen molar-refractivity contribution >= 4 is 34.8 Å². The third kappa shape index (κ3) is 5.92. The van der Waals surface area contributed by atoms with Crippen molar-refractivity contribution in [2.75, 3.05) is 11.9 Å². The summed E-state index contributed by atoms with van der Waals surface area (Å²) in [7, 11) is 0. The lowest BCUT2D eigenvalue weighted by Crippen LogP contribution is -2.47. The van der Waals surface area contributed by atoms with Crippen LogP contribution in [0.4, 0.5) is 11.4 Å². The standard InChI is InChI=1S/C20H22ClN3O5/c1-4-29-15-8-5-13(6-9-15)22-20(26)18(12(2)3)23-19(25)16-10-7-14(24(27)28)11-17(16)21/h5-12,18H,4H2,1-3H3,(H,22,26)(H,23,25). The van der Waals surface area contributed by atoms with Gasteiger partial charge in [0.05, 0.1) is 22.1 Å². The molecule has 2 aromatic carbocycles. The van der Waals surface area contributed by atoms with Crippen molar-refractivity contribution in [1.82, 2.24) is 5.32 Å². The lowest BCUT2D eigenvalue weighted by molar-refractivity contribution is -0.384. The Morgan fingerprint density at radius 2 is 1.83 bits per heavy atom. The van der Waals surface area contributed by atoms with Crippen LogP contribution in [-0.4, -0.2) is 29.4 Å². The van der Waals surface area contributed by atoms with Crippen LogP contribution >= 0.6 is 11.6 Å². The Bertz CT molecular complexity index is 899. The molecule has 0 bridgehead atoms. The van der Waals surface area contributed by atoms with Crippen molar-refractivity contribution in [2.45, 2.75) is 26.8 Å². The van der Waals surface area contributed by atoms with Gasteiger partial charge in [0.15, 0.2) is 0 Å². The van der Waals surface area contributed by atoms with E-state index in [1.807, 2.05) is 6.92 Å². The van der Waals surface area contributed by atoms with Crippen LogP contribution in [0.15, 0.2) is 42.5 Å². The minimum absolute atomic E-state index is 0.0526. The van der Waals surface area contributed by atoms with Gasteiger partial charge in [-0.15, -0.1) is 0 Å². The number of nitrogens with zero attached hydrogens (tertiary/aromatic N) is 1. The summed E-state index contributed by atoms with van der Waals surface area (Å²) in [5.74, 6) is -0.508. The van der Waals surface area contributed by atoms with E-state index >= 15 is 0 Å². The second-order valence-electron chi connectivity index (χ2n) is 6.56. The van der Waals surface area contributed by atoms with Crippen LogP contribution in [0.3, 0.4) is 0 Å². The van der Waals surface area contributed by atoms with E-state index in [1.165, 1.54) is 12.1 Å². The molecule has 0 aliphatic rings. The Balaban J connectivity index is 2.11. The number of hydrogen-bond acceptors (Lipinski definition) is 5. The second-order valence-corrected chi connectivity index (χ2v) is 6.97. The minimum Gasteiger partial charge on any atom is -0.494 e. The molecule has 0 fully saturated rings. The average Bonchev–Trinajstić information content (AvgIpc) is 2.67. The molecule has 2 rings (SSSR count). The number of carbonyl (C=O) groups is 2. The van der Waals surface area contributed by atoms with Crippen molar-refractivity contribution in [3.05, 3.63) is 63.2 Å². The number of hydrogen-bond donors (Lipinski definition) is 2. The molecule has 0 radical (unpaired) electrons. The van der Waals surface area contributed by atoms with E-state index in [1.54, 1.807) is 38.1 Å². The van der Waals surface area contributed by atoms with Gasteiger partial charge in [0.25, 0.3) is 11.6 Å². The van der Waals surface area contributed by atoms with Gasteiger partial charge in [-0.25, -0.2) is 0 Å². The Kier molecular flexibility index (Phi) is 7.55. The number of amides is 2. The Morgan fingerprint density at radius 3 is 2.34 bits per heavy atom. The van der Waals surface area contributed by atoms with Crippen molar-refractivity contribution < 1.29 is 19.2 Å². The maximum atomic E-state index is 12.7. The molecule has 2 N–H and O–H groups in total. The molecule has 2 amide bonds. The van der Waals surface area contributed by atoms with Crippen LogP contribution < -0.4 is 15.4 Å². The number of halogens is 1. The molecule has 8 nitrogen and oxygen atoms in total. The molecule has 0 saturated heterocycles. The molecule has 29 heavy (non-hydrogen) atoms. The average molecular weight is 420 g/mol. The fourth-order valence-electron chi connectivity index (χ4n) is 2.58. The van der Waals surface area contributed by atoms with Crippen LogP contribution in [0.2, 0.25) is 5.02 Å². The van der Waals surface area contributed by atoms with Gasteiger partial charge in [0, 0.05) is 17.8 Å². The predicted octanol–water partition coefficient (Wildman–Crippen LogP) is 4.04.